The molecule has 2 heterocycles. The van der Waals surface area contributed by atoms with Crippen LogP contribution in [0.25, 0.3) is 0 Å². The number of Topliss-reactive ketones (excluding diaryl/α,β-unsaturated/α-hetero) is 1. The van der Waals surface area contributed by atoms with Crippen molar-refractivity contribution in [1.29, 1.82) is 0 Å². The van der Waals surface area contributed by atoms with Gasteiger partial charge in [0.1, 0.15) is 5.37 Å². The molecule has 1 aromatic carbocycles. The molecular weight excluding hydrogens is 276 g/mol. The van der Waals surface area contributed by atoms with Gasteiger partial charge in [0.15, 0.2) is 5.78 Å². The molecule has 5 nitrogen and oxygen atoms in total. The van der Waals surface area contributed by atoms with Crippen molar-refractivity contribution in [3.63, 3.8) is 0 Å². The van der Waals surface area contributed by atoms with Gasteiger partial charge in [-0.3, -0.25) is 9.59 Å². The van der Waals surface area contributed by atoms with Gasteiger partial charge in [-0.1, -0.05) is 36.9 Å². The highest BCUT2D eigenvalue weighted by Crippen LogP contribution is 2.42. The van der Waals surface area contributed by atoms with E-state index in [0.29, 0.717) is 0 Å². The molecule has 6 heteroatoms. The van der Waals surface area contributed by atoms with Gasteiger partial charge in [-0.25, -0.2) is 4.98 Å². The quantitative estimate of drug-likeness (QED) is 0.920. The number of rotatable bonds is 2. The topological polar surface area (TPSA) is 72.2 Å². The number of aromatic nitrogens is 2. The minimum Gasteiger partial charge on any atom is -0.481 e. The first-order valence-corrected chi connectivity index (χ1v) is 7.00. The van der Waals surface area contributed by atoms with Crippen LogP contribution in [0, 0.1) is 0 Å². The highest BCUT2D eigenvalue weighted by Gasteiger charge is 2.31. The van der Waals surface area contributed by atoms with Crippen molar-refractivity contribution in [2.75, 3.05) is 0 Å². The van der Waals surface area contributed by atoms with Crippen LogP contribution in [0.1, 0.15) is 29.1 Å². The summed E-state index contributed by atoms with van der Waals surface area (Å²) in [6.45, 7) is 1.60. The molecule has 3 rings (SSSR count). The molecule has 0 spiro atoms. The van der Waals surface area contributed by atoms with E-state index in [4.69, 9.17) is 5.11 Å². The Morgan fingerprint density at radius 1 is 1.45 bits per heavy atom. The van der Waals surface area contributed by atoms with E-state index in [1.54, 1.807) is 31.2 Å². The van der Waals surface area contributed by atoms with E-state index in [2.05, 4.69) is 4.98 Å². The summed E-state index contributed by atoms with van der Waals surface area (Å²) in [5.74, 6) is -0.585. The number of nitrogens with zero attached hydrogens (tertiary/aromatic N) is 2. The van der Waals surface area contributed by atoms with E-state index >= 15 is 0 Å². The lowest BCUT2D eigenvalue weighted by Gasteiger charge is -2.07. The van der Waals surface area contributed by atoms with Gasteiger partial charge in [-0.2, -0.15) is 0 Å². The van der Waals surface area contributed by atoms with Crippen molar-refractivity contribution in [1.82, 2.24) is 9.55 Å². The second-order valence-electron chi connectivity index (χ2n) is 4.09. The SMILES string of the molecule is CCC(=O)O.O=C1c2ccccc2SC1n1ccnc1. The molecule has 1 aliphatic heterocycles. The van der Waals surface area contributed by atoms with Gasteiger partial charge in [0.2, 0.25) is 0 Å². The lowest BCUT2D eigenvalue weighted by atomic mass is 10.1. The molecule has 20 heavy (non-hydrogen) atoms. The van der Waals surface area contributed by atoms with Crippen molar-refractivity contribution < 1.29 is 14.7 Å². The standard InChI is InChI=1S/C11H8N2OS.C3H6O2/c14-10-8-3-1-2-4-9(8)15-11(10)13-6-5-12-7-13;1-2-3(4)5/h1-7,11H;2H2,1H3,(H,4,5). The molecule has 0 aliphatic carbocycles. The van der Waals surface area contributed by atoms with Crippen LogP contribution < -0.4 is 0 Å². The average Bonchev–Trinajstić information content (AvgIpc) is 3.08. The van der Waals surface area contributed by atoms with Crippen LogP contribution in [0.15, 0.2) is 47.9 Å². The molecule has 1 N–H and O–H groups in total. The number of hydrogen-bond donors (Lipinski definition) is 1. The number of carboxylic acid groups (broad SMARTS) is 1. The number of carbonyl (C=O) groups is 2. The highest BCUT2D eigenvalue weighted by atomic mass is 32.2. The maximum atomic E-state index is 12.0. The van der Waals surface area contributed by atoms with Crippen LogP contribution >= 0.6 is 11.8 Å². The third-order valence-electron chi connectivity index (χ3n) is 2.71. The average molecular weight is 290 g/mol. The molecule has 1 atom stereocenters. The molecule has 2 aromatic rings. The zero-order chi connectivity index (χ0) is 14.5. The fourth-order valence-electron chi connectivity index (χ4n) is 1.68. The molecule has 0 saturated carbocycles. The Labute approximate surface area is 120 Å². The Morgan fingerprint density at radius 2 is 2.15 bits per heavy atom. The van der Waals surface area contributed by atoms with Crippen molar-refractivity contribution >= 4 is 23.5 Å². The number of aliphatic carboxylic acids is 1. The van der Waals surface area contributed by atoms with E-state index in [1.807, 2.05) is 35.0 Å². The number of carboxylic acids is 1. The first kappa shape index (κ1) is 14.3. The minimum atomic E-state index is -0.745. The molecule has 0 radical (unpaired) electrons. The highest BCUT2D eigenvalue weighted by molar-refractivity contribution is 8.00. The number of carbonyl (C=O) groups excluding carboxylic acids is 1. The lowest BCUT2D eigenvalue weighted by Crippen LogP contribution is -2.09. The zero-order valence-corrected chi connectivity index (χ0v) is 11.7. The molecule has 0 saturated heterocycles. The molecule has 104 valence electrons. The maximum Gasteiger partial charge on any atom is 0.303 e. The first-order valence-electron chi connectivity index (χ1n) is 6.12. The summed E-state index contributed by atoms with van der Waals surface area (Å²) in [6, 6.07) is 7.71. The summed E-state index contributed by atoms with van der Waals surface area (Å²) in [4.78, 5) is 26.4. The summed E-state index contributed by atoms with van der Waals surface area (Å²) in [5.41, 5.74) is 0.821. The fourth-order valence-corrected chi connectivity index (χ4v) is 2.86. The molecule has 0 amide bonds. The van der Waals surface area contributed by atoms with Crippen LogP contribution in [0.5, 0.6) is 0 Å². The van der Waals surface area contributed by atoms with Gasteiger partial charge < -0.3 is 9.67 Å². The summed E-state index contributed by atoms with van der Waals surface area (Å²) >= 11 is 1.58. The lowest BCUT2D eigenvalue weighted by molar-refractivity contribution is -0.136. The predicted molar refractivity (Wildman–Crippen MR) is 75.8 cm³/mol. The Balaban J connectivity index is 0.000000257. The number of imidazole rings is 1. The number of benzene rings is 1. The van der Waals surface area contributed by atoms with E-state index in [1.165, 1.54) is 0 Å². The Morgan fingerprint density at radius 3 is 2.70 bits per heavy atom. The van der Waals surface area contributed by atoms with Gasteiger partial charge in [0, 0.05) is 29.3 Å². The summed E-state index contributed by atoms with van der Waals surface area (Å²) < 4.78 is 1.84. The fraction of sp³-hybridized carbons (Fsp3) is 0.214. The summed E-state index contributed by atoms with van der Waals surface area (Å²) in [6.07, 6.45) is 5.42. The number of hydrogen-bond acceptors (Lipinski definition) is 4. The third kappa shape index (κ3) is 3.08. The monoisotopic (exact) mass is 290 g/mol. The van der Waals surface area contributed by atoms with Crippen LogP contribution in [0.2, 0.25) is 0 Å². The van der Waals surface area contributed by atoms with Gasteiger partial charge in [0.05, 0.1) is 6.33 Å². The first-order chi connectivity index (χ1) is 9.63. The van der Waals surface area contributed by atoms with E-state index in [0.717, 1.165) is 10.5 Å². The predicted octanol–water partition coefficient (Wildman–Crippen LogP) is 2.85. The molecule has 0 fully saturated rings. The van der Waals surface area contributed by atoms with Crippen LogP contribution in [-0.4, -0.2) is 26.4 Å². The van der Waals surface area contributed by atoms with E-state index < -0.39 is 5.97 Å². The van der Waals surface area contributed by atoms with Crippen molar-refractivity contribution in [2.24, 2.45) is 0 Å². The molecule has 1 unspecified atom stereocenters. The summed E-state index contributed by atoms with van der Waals surface area (Å²) in [7, 11) is 0. The maximum absolute atomic E-state index is 12.0. The largest absolute Gasteiger partial charge is 0.481 e. The van der Waals surface area contributed by atoms with Crippen LogP contribution in [0.4, 0.5) is 0 Å². The number of ketones is 1. The van der Waals surface area contributed by atoms with E-state index in [9.17, 15) is 9.59 Å². The van der Waals surface area contributed by atoms with Crippen molar-refractivity contribution in [3.8, 4) is 0 Å². The zero-order valence-electron chi connectivity index (χ0n) is 10.9. The molecule has 1 aromatic heterocycles. The summed E-state index contributed by atoms with van der Waals surface area (Å²) in [5, 5.41) is 7.55. The van der Waals surface area contributed by atoms with Crippen molar-refractivity contribution in [3.05, 3.63) is 48.5 Å². The number of thioether (sulfide) groups is 1. The smallest absolute Gasteiger partial charge is 0.303 e. The van der Waals surface area contributed by atoms with Crippen molar-refractivity contribution in [2.45, 2.75) is 23.6 Å². The van der Waals surface area contributed by atoms with Crippen LogP contribution in [-0.2, 0) is 4.79 Å². The van der Waals surface area contributed by atoms with E-state index in [-0.39, 0.29) is 17.6 Å². The van der Waals surface area contributed by atoms with Gasteiger partial charge >= 0.3 is 5.97 Å². The third-order valence-corrected chi connectivity index (χ3v) is 4.00. The Hall–Kier alpha value is -2.08. The second-order valence-corrected chi connectivity index (χ2v) is 5.21. The van der Waals surface area contributed by atoms with Crippen LogP contribution in [0.3, 0.4) is 0 Å². The van der Waals surface area contributed by atoms with Gasteiger partial charge in [-0.05, 0) is 6.07 Å². The van der Waals surface area contributed by atoms with Gasteiger partial charge in [0.25, 0.3) is 0 Å². The molecular formula is C14H14N2O3S. The minimum absolute atomic E-state index is 0.161. The van der Waals surface area contributed by atoms with Gasteiger partial charge in [-0.15, -0.1) is 0 Å². The molecule has 0 bridgehead atoms. The molecule has 1 aliphatic rings. The number of fused-ring (bicyclic) bond motifs is 1. The Kier molecular flexibility index (Phi) is 4.57. The normalized spacial score (nSPS) is 16.2. The Bertz CT molecular complexity index is 611. The second kappa shape index (κ2) is 6.38.